The van der Waals surface area contributed by atoms with E-state index in [-0.39, 0.29) is 19.3 Å². The molecule has 1 aromatic rings. The molecule has 8 nitrogen and oxygen atoms in total. The largest absolute Gasteiger partial charge is 0.449 e. The molecule has 0 aliphatic carbocycles. The molecule has 2 N–H and O–H groups in total. The van der Waals surface area contributed by atoms with E-state index in [1.165, 1.54) is 4.90 Å². The lowest BCUT2D eigenvalue weighted by Crippen LogP contribution is -2.39. The molecule has 1 saturated heterocycles. The summed E-state index contributed by atoms with van der Waals surface area (Å²) >= 11 is 0. The van der Waals surface area contributed by atoms with Gasteiger partial charge >= 0.3 is 6.09 Å². The molecule has 3 atom stereocenters. The van der Waals surface area contributed by atoms with Gasteiger partial charge in [-0.1, -0.05) is 6.07 Å². The van der Waals surface area contributed by atoms with Gasteiger partial charge in [-0.3, -0.25) is 4.98 Å². The van der Waals surface area contributed by atoms with Crippen LogP contribution in [0.2, 0.25) is 0 Å². The molecule has 2 rings (SSSR count). The van der Waals surface area contributed by atoms with Gasteiger partial charge in [0.15, 0.2) is 6.29 Å². The average Bonchev–Trinajstić information content (AvgIpc) is 2.66. The number of aliphatic hydroxyl groups is 2. The number of carbonyl (C=O) groups is 1. The topological polar surface area (TPSA) is 101 Å². The van der Waals surface area contributed by atoms with E-state index in [2.05, 4.69) is 4.98 Å². The Bertz CT molecular complexity index is 530. The SMILES string of the molecule is CN(CCc1ccccn1)C(=O)OCCCOC1CC(O)CC(CO)O1. The number of hydrogen-bond acceptors (Lipinski definition) is 7. The molecule has 2 heterocycles. The van der Waals surface area contributed by atoms with Gasteiger partial charge in [0.2, 0.25) is 0 Å². The minimum absolute atomic E-state index is 0.140. The summed E-state index contributed by atoms with van der Waals surface area (Å²) in [6.45, 7) is 0.980. The third-order valence-corrected chi connectivity index (χ3v) is 4.11. The van der Waals surface area contributed by atoms with Crippen molar-refractivity contribution in [3.05, 3.63) is 30.1 Å². The van der Waals surface area contributed by atoms with Crippen LogP contribution < -0.4 is 0 Å². The Morgan fingerprint density at radius 2 is 2.23 bits per heavy atom. The van der Waals surface area contributed by atoms with Crippen molar-refractivity contribution >= 4 is 6.09 Å². The van der Waals surface area contributed by atoms with Crippen LogP contribution in [0.1, 0.15) is 25.0 Å². The van der Waals surface area contributed by atoms with Crippen LogP contribution in [-0.4, -0.2) is 78.1 Å². The zero-order valence-electron chi connectivity index (χ0n) is 15.1. The lowest BCUT2D eigenvalue weighted by atomic mass is 10.1. The minimum Gasteiger partial charge on any atom is -0.449 e. The molecule has 1 aliphatic rings. The van der Waals surface area contributed by atoms with Crippen LogP contribution in [0.15, 0.2) is 24.4 Å². The maximum absolute atomic E-state index is 11.9. The Hall–Kier alpha value is -1.74. The predicted octanol–water partition coefficient (Wildman–Crippen LogP) is 0.958. The number of pyridine rings is 1. The number of ether oxygens (including phenoxy) is 3. The molecule has 26 heavy (non-hydrogen) atoms. The zero-order valence-corrected chi connectivity index (χ0v) is 15.1. The fraction of sp³-hybridized carbons (Fsp3) is 0.667. The normalized spacial score (nSPS) is 22.8. The predicted molar refractivity (Wildman–Crippen MR) is 93.5 cm³/mol. The first-order valence-corrected chi connectivity index (χ1v) is 8.92. The van der Waals surface area contributed by atoms with E-state index in [0.717, 1.165) is 5.69 Å². The van der Waals surface area contributed by atoms with Crippen LogP contribution in [0.3, 0.4) is 0 Å². The van der Waals surface area contributed by atoms with Crippen molar-refractivity contribution in [2.75, 3.05) is 33.4 Å². The molecule has 8 heteroatoms. The highest BCUT2D eigenvalue weighted by Gasteiger charge is 2.28. The van der Waals surface area contributed by atoms with Crippen LogP contribution in [-0.2, 0) is 20.6 Å². The number of amides is 1. The molecule has 1 aromatic heterocycles. The van der Waals surface area contributed by atoms with Crippen LogP contribution in [0, 0.1) is 0 Å². The Morgan fingerprint density at radius 1 is 1.38 bits per heavy atom. The van der Waals surface area contributed by atoms with Crippen LogP contribution in [0.4, 0.5) is 4.79 Å². The van der Waals surface area contributed by atoms with E-state index < -0.39 is 18.5 Å². The lowest BCUT2D eigenvalue weighted by molar-refractivity contribution is -0.222. The van der Waals surface area contributed by atoms with E-state index in [4.69, 9.17) is 19.3 Å². The molecule has 0 spiro atoms. The van der Waals surface area contributed by atoms with Crippen molar-refractivity contribution in [3.63, 3.8) is 0 Å². The van der Waals surface area contributed by atoms with Crippen molar-refractivity contribution in [1.29, 1.82) is 0 Å². The van der Waals surface area contributed by atoms with Gasteiger partial charge < -0.3 is 29.3 Å². The first kappa shape index (κ1) is 20.6. The molecular formula is C18H28N2O6. The minimum atomic E-state index is -0.535. The summed E-state index contributed by atoms with van der Waals surface area (Å²) in [5.41, 5.74) is 0.927. The average molecular weight is 368 g/mol. The van der Waals surface area contributed by atoms with Crippen molar-refractivity contribution in [2.45, 2.75) is 44.2 Å². The summed E-state index contributed by atoms with van der Waals surface area (Å²) in [6, 6.07) is 5.69. The quantitative estimate of drug-likeness (QED) is 0.626. The fourth-order valence-corrected chi connectivity index (χ4v) is 2.64. The van der Waals surface area contributed by atoms with E-state index in [1.54, 1.807) is 13.2 Å². The first-order valence-electron chi connectivity index (χ1n) is 8.92. The summed E-state index contributed by atoms with van der Waals surface area (Å²) < 4.78 is 16.2. The Morgan fingerprint density at radius 3 is 2.96 bits per heavy atom. The molecule has 146 valence electrons. The molecule has 1 fully saturated rings. The molecule has 0 radical (unpaired) electrons. The van der Waals surface area contributed by atoms with Crippen molar-refractivity contribution < 1.29 is 29.2 Å². The number of carbonyl (C=O) groups excluding carboxylic acids is 1. The standard InChI is InChI=1S/C18H28N2O6/c1-20(8-6-14-5-2-3-7-19-14)18(23)25-10-4-9-24-17-12-15(22)11-16(13-21)26-17/h2-3,5,7,15-17,21-22H,4,6,8-13H2,1H3. The summed E-state index contributed by atoms with van der Waals surface area (Å²) in [4.78, 5) is 17.6. The van der Waals surface area contributed by atoms with Gasteiger partial charge in [-0.05, 0) is 12.1 Å². The van der Waals surface area contributed by atoms with Crippen molar-refractivity contribution in [1.82, 2.24) is 9.88 Å². The molecule has 1 aliphatic heterocycles. The van der Waals surface area contributed by atoms with Crippen molar-refractivity contribution in [3.8, 4) is 0 Å². The molecule has 0 aromatic carbocycles. The van der Waals surface area contributed by atoms with Gasteiger partial charge in [0.1, 0.15) is 0 Å². The molecule has 0 saturated carbocycles. The molecule has 0 bridgehead atoms. The third kappa shape index (κ3) is 7.25. The second-order valence-corrected chi connectivity index (χ2v) is 6.33. The second kappa shape index (κ2) is 11.1. The van der Waals surface area contributed by atoms with Gasteiger partial charge in [0, 0.05) is 51.2 Å². The lowest BCUT2D eigenvalue weighted by Gasteiger charge is -2.32. The Kier molecular flexibility index (Phi) is 8.76. The molecule has 3 unspecified atom stereocenters. The monoisotopic (exact) mass is 368 g/mol. The highest BCUT2D eigenvalue weighted by Crippen LogP contribution is 2.20. The zero-order chi connectivity index (χ0) is 18.8. The second-order valence-electron chi connectivity index (χ2n) is 6.33. The van der Waals surface area contributed by atoms with Gasteiger partial charge in [0.05, 0.1) is 32.0 Å². The molecule has 1 amide bonds. The van der Waals surface area contributed by atoms with Gasteiger partial charge in [-0.2, -0.15) is 0 Å². The van der Waals surface area contributed by atoms with Crippen LogP contribution in [0.5, 0.6) is 0 Å². The maximum atomic E-state index is 11.9. The summed E-state index contributed by atoms with van der Waals surface area (Å²) in [5.74, 6) is 0. The number of aliphatic hydroxyl groups excluding tert-OH is 2. The number of likely N-dealkylation sites (N-methyl/N-ethyl adjacent to an activating group) is 1. The van der Waals surface area contributed by atoms with E-state index in [1.807, 2.05) is 18.2 Å². The van der Waals surface area contributed by atoms with E-state index in [0.29, 0.717) is 38.8 Å². The molecular weight excluding hydrogens is 340 g/mol. The fourth-order valence-electron chi connectivity index (χ4n) is 2.64. The van der Waals surface area contributed by atoms with E-state index >= 15 is 0 Å². The third-order valence-electron chi connectivity index (χ3n) is 4.11. The number of aromatic nitrogens is 1. The summed E-state index contributed by atoms with van der Waals surface area (Å²) in [5, 5.41) is 18.8. The van der Waals surface area contributed by atoms with Gasteiger partial charge in [-0.15, -0.1) is 0 Å². The number of rotatable bonds is 9. The Balaban J connectivity index is 1.55. The summed E-state index contributed by atoms with van der Waals surface area (Å²) in [7, 11) is 1.69. The van der Waals surface area contributed by atoms with Gasteiger partial charge in [0.25, 0.3) is 0 Å². The van der Waals surface area contributed by atoms with Crippen LogP contribution >= 0.6 is 0 Å². The number of nitrogens with zero attached hydrogens (tertiary/aromatic N) is 2. The highest BCUT2D eigenvalue weighted by atomic mass is 16.7. The number of hydrogen-bond donors (Lipinski definition) is 2. The Labute approximate surface area is 153 Å². The van der Waals surface area contributed by atoms with E-state index in [9.17, 15) is 9.90 Å². The smallest absolute Gasteiger partial charge is 0.409 e. The highest BCUT2D eigenvalue weighted by molar-refractivity contribution is 5.67. The maximum Gasteiger partial charge on any atom is 0.409 e. The van der Waals surface area contributed by atoms with Gasteiger partial charge in [-0.25, -0.2) is 4.79 Å². The summed E-state index contributed by atoms with van der Waals surface area (Å²) in [6.07, 6.45) is 1.88. The van der Waals surface area contributed by atoms with Crippen molar-refractivity contribution in [2.24, 2.45) is 0 Å². The van der Waals surface area contributed by atoms with Crippen LogP contribution in [0.25, 0.3) is 0 Å². The first-order chi connectivity index (χ1) is 12.6.